The molecule has 0 amide bonds. The maximum absolute atomic E-state index is 9.77. The lowest BCUT2D eigenvalue weighted by Crippen LogP contribution is -2.31. The van der Waals surface area contributed by atoms with Crippen molar-refractivity contribution >= 4 is 0 Å². The molecule has 3 unspecified atom stereocenters. The zero-order valence-electron chi connectivity index (χ0n) is 14.2. The molecule has 1 aromatic carbocycles. The standard InChI is InChI=1S/C18H29NO3/c1-12-8-17(21-3)18(22-4)10-16(12)13(2)19-11-14-6-5-7-15(20)9-14/h8,10,13-15,19-20H,5-7,9,11H2,1-4H3. The minimum absolute atomic E-state index is 0.112. The summed E-state index contributed by atoms with van der Waals surface area (Å²) < 4.78 is 10.8. The summed E-state index contributed by atoms with van der Waals surface area (Å²) in [6.45, 7) is 5.22. The summed E-state index contributed by atoms with van der Waals surface area (Å²) in [7, 11) is 3.32. The van der Waals surface area contributed by atoms with Gasteiger partial charge in [-0.15, -0.1) is 0 Å². The van der Waals surface area contributed by atoms with Gasteiger partial charge in [0, 0.05) is 6.04 Å². The van der Waals surface area contributed by atoms with E-state index in [0.717, 1.165) is 37.3 Å². The van der Waals surface area contributed by atoms with Gasteiger partial charge in [0.1, 0.15) is 0 Å². The number of ether oxygens (including phenoxy) is 2. The van der Waals surface area contributed by atoms with Crippen molar-refractivity contribution in [3.05, 3.63) is 23.3 Å². The first-order valence-corrected chi connectivity index (χ1v) is 8.19. The summed E-state index contributed by atoms with van der Waals surface area (Å²) in [6, 6.07) is 4.33. The lowest BCUT2D eigenvalue weighted by atomic mass is 9.87. The molecule has 1 aliphatic carbocycles. The predicted molar refractivity (Wildman–Crippen MR) is 88.7 cm³/mol. The van der Waals surface area contributed by atoms with E-state index in [1.54, 1.807) is 14.2 Å². The van der Waals surface area contributed by atoms with Crippen LogP contribution in [0, 0.1) is 12.8 Å². The van der Waals surface area contributed by atoms with Crippen LogP contribution in [0.1, 0.15) is 49.8 Å². The molecule has 0 bridgehead atoms. The summed E-state index contributed by atoms with van der Waals surface area (Å²) in [5.41, 5.74) is 2.43. The van der Waals surface area contributed by atoms with Gasteiger partial charge >= 0.3 is 0 Å². The predicted octanol–water partition coefficient (Wildman–Crippen LogP) is 3.21. The SMILES string of the molecule is COc1cc(C)c(C(C)NCC2CCCC(O)C2)cc1OC. The van der Waals surface area contributed by atoms with Gasteiger partial charge in [-0.05, 0) is 68.8 Å². The number of aryl methyl sites for hydroxylation is 1. The second-order valence-corrected chi connectivity index (χ2v) is 6.38. The molecule has 1 aromatic rings. The van der Waals surface area contributed by atoms with Crippen LogP contribution in [0.15, 0.2) is 12.1 Å². The van der Waals surface area contributed by atoms with Gasteiger partial charge in [0.05, 0.1) is 20.3 Å². The number of benzene rings is 1. The van der Waals surface area contributed by atoms with Crippen LogP contribution in [0.2, 0.25) is 0 Å². The molecule has 22 heavy (non-hydrogen) atoms. The van der Waals surface area contributed by atoms with E-state index in [-0.39, 0.29) is 12.1 Å². The minimum Gasteiger partial charge on any atom is -0.493 e. The third-order valence-corrected chi connectivity index (χ3v) is 4.71. The maximum Gasteiger partial charge on any atom is 0.161 e. The Morgan fingerprint density at radius 1 is 1.23 bits per heavy atom. The van der Waals surface area contributed by atoms with E-state index < -0.39 is 0 Å². The van der Waals surface area contributed by atoms with Gasteiger partial charge in [0.2, 0.25) is 0 Å². The lowest BCUT2D eigenvalue weighted by molar-refractivity contribution is 0.0998. The zero-order chi connectivity index (χ0) is 16.1. The van der Waals surface area contributed by atoms with E-state index in [2.05, 4.69) is 25.2 Å². The first kappa shape index (κ1) is 17.1. The zero-order valence-corrected chi connectivity index (χ0v) is 14.2. The van der Waals surface area contributed by atoms with Gasteiger partial charge in [-0.3, -0.25) is 0 Å². The molecule has 0 heterocycles. The largest absolute Gasteiger partial charge is 0.493 e. The Morgan fingerprint density at radius 3 is 2.55 bits per heavy atom. The number of hydrogen-bond acceptors (Lipinski definition) is 4. The molecule has 124 valence electrons. The van der Waals surface area contributed by atoms with Gasteiger partial charge in [0.25, 0.3) is 0 Å². The molecule has 0 aliphatic heterocycles. The molecule has 0 spiro atoms. The van der Waals surface area contributed by atoms with Crippen molar-refractivity contribution < 1.29 is 14.6 Å². The van der Waals surface area contributed by atoms with E-state index in [4.69, 9.17) is 9.47 Å². The van der Waals surface area contributed by atoms with Crippen LogP contribution in [0.4, 0.5) is 0 Å². The molecule has 2 N–H and O–H groups in total. The molecule has 0 radical (unpaired) electrons. The highest BCUT2D eigenvalue weighted by Gasteiger charge is 2.21. The topological polar surface area (TPSA) is 50.7 Å². The molecule has 0 aromatic heterocycles. The molecule has 1 saturated carbocycles. The number of hydrogen-bond donors (Lipinski definition) is 2. The smallest absolute Gasteiger partial charge is 0.161 e. The Hall–Kier alpha value is -1.26. The number of aliphatic hydroxyl groups is 1. The van der Waals surface area contributed by atoms with Crippen LogP contribution < -0.4 is 14.8 Å². The molecule has 1 aliphatic rings. The second-order valence-electron chi connectivity index (χ2n) is 6.38. The Morgan fingerprint density at radius 2 is 1.91 bits per heavy atom. The highest BCUT2D eigenvalue weighted by molar-refractivity contribution is 5.47. The van der Waals surface area contributed by atoms with Crippen molar-refractivity contribution in [3.8, 4) is 11.5 Å². The van der Waals surface area contributed by atoms with Crippen molar-refractivity contribution in [2.45, 2.75) is 51.7 Å². The van der Waals surface area contributed by atoms with Crippen molar-refractivity contribution in [2.24, 2.45) is 5.92 Å². The van der Waals surface area contributed by atoms with Crippen molar-refractivity contribution in [3.63, 3.8) is 0 Å². The van der Waals surface area contributed by atoms with Crippen LogP contribution in [-0.2, 0) is 0 Å². The molecule has 0 saturated heterocycles. The number of aliphatic hydroxyl groups excluding tert-OH is 1. The number of nitrogens with one attached hydrogen (secondary N) is 1. The minimum atomic E-state index is -0.112. The lowest BCUT2D eigenvalue weighted by Gasteiger charge is -2.28. The molecule has 2 rings (SSSR count). The highest BCUT2D eigenvalue weighted by atomic mass is 16.5. The van der Waals surface area contributed by atoms with Gasteiger partial charge < -0.3 is 19.9 Å². The first-order valence-electron chi connectivity index (χ1n) is 8.19. The summed E-state index contributed by atoms with van der Waals surface area (Å²) in [5.74, 6) is 2.11. The van der Waals surface area contributed by atoms with Crippen LogP contribution in [-0.4, -0.2) is 32.0 Å². The van der Waals surface area contributed by atoms with Gasteiger partial charge in [-0.25, -0.2) is 0 Å². The summed E-state index contributed by atoms with van der Waals surface area (Å²) in [4.78, 5) is 0. The first-order chi connectivity index (χ1) is 10.5. The summed E-state index contributed by atoms with van der Waals surface area (Å²) in [5, 5.41) is 13.4. The molecule has 3 atom stereocenters. The molecule has 4 heteroatoms. The Kier molecular flexibility index (Phi) is 6.09. The molecule has 1 fully saturated rings. The van der Waals surface area contributed by atoms with Crippen molar-refractivity contribution in [1.29, 1.82) is 0 Å². The van der Waals surface area contributed by atoms with E-state index in [1.165, 1.54) is 17.5 Å². The normalized spacial score (nSPS) is 23.1. The average Bonchev–Trinajstić information content (AvgIpc) is 2.52. The van der Waals surface area contributed by atoms with Crippen LogP contribution in [0.3, 0.4) is 0 Å². The number of methoxy groups -OCH3 is 2. The molecule has 4 nitrogen and oxygen atoms in total. The number of rotatable bonds is 6. The van der Waals surface area contributed by atoms with Gasteiger partial charge in [-0.2, -0.15) is 0 Å². The van der Waals surface area contributed by atoms with Crippen LogP contribution >= 0.6 is 0 Å². The fourth-order valence-corrected chi connectivity index (χ4v) is 3.36. The fourth-order valence-electron chi connectivity index (χ4n) is 3.36. The maximum atomic E-state index is 9.77. The molecular weight excluding hydrogens is 278 g/mol. The Labute approximate surface area is 133 Å². The monoisotopic (exact) mass is 307 g/mol. The second kappa shape index (κ2) is 7.84. The van der Waals surface area contributed by atoms with Crippen LogP contribution in [0.25, 0.3) is 0 Å². The Bertz CT molecular complexity index is 489. The fraction of sp³-hybridized carbons (Fsp3) is 0.667. The average molecular weight is 307 g/mol. The summed E-state index contributed by atoms with van der Waals surface area (Å²) in [6.07, 6.45) is 4.11. The third kappa shape index (κ3) is 4.14. The highest BCUT2D eigenvalue weighted by Crippen LogP contribution is 2.33. The van der Waals surface area contributed by atoms with E-state index in [0.29, 0.717) is 5.92 Å². The summed E-state index contributed by atoms with van der Waals surface area (Å²) >= 11 is 0. The van der Waals surface area contributed by atoms with E-state index >= 15 is 0 Å². The van der Waals surface area contributed by atoms with Crippen molar-refractivity contribution in [2.75, 3.05) is 20.8 Å². The van der Waals surface area contributed by atoms with Gasteiger partial charge in [-0.1, -0.05) is 6.42 Å². The molecular formula is C18H29NO3. The van der Waals surface area contributed by atoms with Crippen molar-refractivity contribution in [1.82, 2.24) is 5.32 Å². The van der Waals surface area contributed by atoms with E-state index in [9.17, 15) is 5.11 Å². The quantitative estimate of drug-likeness (QED) is 0.847. The van der Waals surface area contributed by atoms with Crippen LogP contribution in [0.5, 0.6) is 11.5 Å². The van der Waals surface area contributed by atoms with Gasteiger partial charge in [0.15, 0.2) is 11.5 Å². The third-order valence-electron chi connectivity index (χ3n) is 4.71. The Balaban J connectivity index is 2.01. The van der Waals surface area contributed by atoms with E-state index in [1.807, 2.05) is 6.07 Å².